The zero-order valence-electron chi connectivity index (χ0n) is 13.2. The second kappa shape index (κ2) is 6.37. The van der Waals surface area contributed by atoms with Gasteiger partial charge in [0.2, 0.25) is 0 Å². The molecule has 0 heterocycles. The topological polar surface area (TPSA) is 17.1 Å². The molecule has 2 aromatic carbocycles. The molecule has 0 atom stereocenters. The molecule has 0 radical (unpaired) electrons. The summed E-state index contributed by atoms with van der Waals surface area (Å²) in [5.74, 6) is -4.12. The minimum Gasteiger partial charge on any atom is -0.289 e. The van der Waals surface area contributed by atoms with Crippen molar-refractivity contribution in [3.05, 3.63) is 69.3 Å². The molecule has 0 fully saturated rings. The zero-order valence-corrected chi connectivity index (χ0v) is 13.2. The Labute approximate surface area is 142 Å². The van der Waals surface area contributed by atoms with Crippen LogP contribution in [0.5, 0.6) is 0 Å². The van der Waals surface area contributed by atoms with Gasteiger partial charge in [0.25, 0.3) is 0 Å². The fourth-order valence-electron chi connectivity index (χ4n) is 2.56. The number of carbonyl (C=O) groups is 1. The third-order valence-corrected chi connectivity index (χ3v) is 3.84. The SMILES string of the molecule is Cc1c(C(=O)c2cc(F)cc(C(F)(F)F)c2C)cc(F)cc1C(F)(F)F. The van der Waals surface area contributed by atoms with Gasteiger partial charge in [0.1, 0.15) is 11.6 Å². The molecule has 0 N–H and O–H groups in total. The maximum atomic E-state index is 13.6. The molecule has 2 aromatic rings. The van der Waals surface area contributed by atoms with E-state index in [-0.39, 0.29) is 12.1 Å². The lowest BCUT2D eigenvalue weighted by atomic mass is 9.91. The second-order valence-electron chi connectivity index (χ2n) is 5.58. The minimum atomic E-state index is -4.98. The molecule has 0 aliphatic heterocycles. The molecule has 0 amide bonds. The number of rotatable bonds is 2. The van der Waals surface area contributed by atoms with E-state index in [0.717, 1.165) is 13.8 Å². The van der Waals surface area contributed by atoms with Crippen LogP contribution in [-0.2, 0) is 12.4 Å². The molecule has 1 nitrogen and oxygen atoms in total. The van der Waals surface area contributed by atoms with Crippen LogP contribution < -0.4 is 0 Å². The van der Waals surface area contributed by atoms with Crippen LogP contribution in [0.3, 0.4) is 0 Å². The lowest BCUT2D eigenvalue weighted by Gasteiger charge is -2.17. The Hall–Kier alpha value is -2.45. The summed E-state index contributed by atoms with van der Waals surface area (Å²) in [7, 11) is 0. The Morgan fingerprint density at radius 2 is 1.00 bits per heavy atom. The fraction of sp³-hybridized carbons (Fsp3) is 0.235. The predicted molar refractivity (Wildman–Crippen MR) is 75.7 cm³/mol. The number of ketones is 1. The molecule has 0 spiro atoms. The van der Waals surface area contributed by atoms with E-state index in [1.54, 1.807) is 0 Å². The number of halogens is 8. The van der Waals surface area contributed by atoms with Gasteiger partial charge in [0, 0.05) is 11.1 Å². The normalized spacial score (nSPS) is 12.4. The molecule has 0 aromatic heterocycles. The quantitative estimate of drug-likeness (QED) is 0.470. The first-order valence-electron chi connectivity index (χ1n) is 7.03. The molecule has 140 valence electrons. The van der Waals surface area contributed by atoms with Crippen LogP contribution >= 0.6 is 0 Å². The van der Waals surface area contributed by atoms with Crippen LogP contribution in [0.2, 0.25) is 0 Å². The molecule has 0 aliphatic carbocycles. The lowest BCUT2D eigenvalue weighted by molar-refractivity contribution is -0.139. The summed E-state index contributed by atoms with van der Waals surface area (Å²) >= 11 is 0. The largest absolute Gasteiger partial charge is 0.416 e. The maximum absolute atomic E-state index is 13.6. The summed E-state index contributed by atoms with van der Waals surface area (Å²) in [5.41, 5.74) is -5.79. The first kappa shape index (κ1) is 19.9. The van der Waals surface area contributed by atoms with Crippen LogP contribution in [0.1, 0.15) is 38.2 Å². The average Bonchev–Trinajstić information content (AvgIpc) is 2.48. The highest BCUT2D eigenvalue weighted by atomic mass is 19.4. The number of hydrogen-bond acceptors (Lipinski definition) is 1. The monoisotopic (exact) mass is 382 g/mol. The van der Waals surface area contributed by atoms with Crippen LogP contribution in [-0.4, -0.2) is 5.78 Å². The Morgan fingerprint density at radius 3 is 1.27 bits per heavy atom. The summed E-state index contributed by atoms with van der Waals surface area (Å²) in [6.07, 6.45) is -9.95. The van der Waals surface area contributed by atoms with Gasteiger partial charge >= 0.3 is 12.4 Å². The Morgan fingerprint density at radius 1 is 0.692 bits per heavy atom. The van der Waals surface area contributed by atoms with E-state index in [2.05, 4.69) is 0 Å². The van der Waals surface area contributed by atoms with Gasteiger partial charge in [-0.3, -0.25) is 4.79 Å². The Kier molecular flexibility index (Phi) is 4.87. The fourth-order valence-corrected chi connectivity index (χ4v) is 2.56. The summed E-state index contributed by atoms with van der Waals surface area (Å²) in [5, 5.41) is 0. The van der Waals surface area contributed by atoms with Gasteiger partial charge < -0.3 is 0 Å². The van der Waals surface area contributed by atoms with Crippen molar-refractivity contribution in [3.8, 4) is 0 Å². The molecule has 0 bridgehead atoms. The van der Waals surface area contributed by atoms with Gasteiger partial charge in [-0.2, -0.15) is 26.3 Å². The van der Waals surface area contributed by atoms with Gasteiger partial charge in [0.15, 0.2) is 5.78 Å². The maximum Gasteiger partial charge on any atom is 0.416 e. The van der Waals surface area contributed by atoms with E-state index < -0.39 is 63.2 Å². The van der Waals surface area contributed by atoms with Gasteiger partial charge in [-0.15, -0.1) is 0 Å². The third-order valence-electron chi connectivity index (χ3n) is 3.84. The molecule has 0 saturated heterocycles. The van der Waals surface area contributed by atoms with E-state index in [0.29, 0.717) is 12.1 Å². The van der Waals surface area contributed by atoms with E-state index in [1.165, 1.54) is 0 Å². The highest BCUT2D eigenvalue weighted by molar-refractivity contribution is 6.11. The Balaban J connectivity index is 2.72. The molecule has 0 saturated carbocycles. The van der Waals surface area contributed by atoms with E-state index in [4.69, 9.17) is 0 Å². The first-order valence-corrected chi connectivity index (χ1v) is 7.03. The summed E-state index contributed by atoms with van der Waals surface area (Å²) in [6, 6.07) is 1.30. The minimum absolute atomic E-state index is 0.172. The van der Waals surface area contributed by atoms with Crippen molar-refractivity contribution < 1.29 is 39.9 Å². The number of hydrogen-bond donors (Lipinski definition) is 0. The average molecular weight is 382 g/mol. The van der Waals surface area contributed by atoms with E-state index >= 15 is 0 Å². The summed E-state index contributed by atoms with van der Waals surface area (Å²) in [6.45, 7) is 1.77. The van der Waals surface area contributed by atoms with Crippen molar-refractivity contribution >= 4 is 5.78 Å². The van der Waals surface area contributed by atoms with Gasteiger partial charge in [-0.05, 0) is 49.2 Å². The number of alkyl halides is 6. The van der Waals surface area contributed by atoms with Crippen LogP contribution in [0.15, 0.2) is 24.3 Å². The number of benzene rings is 2. The van der Waals surface area contributed by atoms with Crippen molar-refractivity contribution in [1.29, 1.82) is 0 Å². The predicted octanol–water partition coefficient (Wildman–Crippen LogP) is 5.85. The second-order valence-corrected chi connectivity index (χ2v) is 5.58. The summed E-state index contributed by atoms with van der Waals surface area (Å²) < 4.78 is 105. The molecule has 0 unspecified atom stereocenters. The zero-order chi connectivity index (χ0) is 20.0. The van der Waals surface area contributed by atoms with Crippen LogP contribution in [0, 0.1) is 25.5 Å². The van der Waals surface area contributed by atoms with E-state index in [1.807, 2.05) is 0 Å². The smallest absolute Gasteiger partial charge is 0.289 e. The first-order chi connectivity index (χ1) is 11.7. The molecular formula is C17H10F8O. The van der Waals surface area contributed by atoms with Crippen LogP contribution in [0.4, 0.5) is 35.1 Å². The molecule has 2 rings (SSSR count). The molecular weight excluding hydrogens is 372 g/mol. The van der Waals surface area contributed by atoms with Crippen molar-refractivity contribution in [2.75, 3.05) is 0 Å². The number of carbonyl (C=O) groups excluding carboxylic acids is 1. The van der Waals surface area contributed by atoms with E-state index in [9.17, 15) is 39.9 Å². The van der Waals surface area contributed by atoms with Crippen LogP contribution in [0.25, 0.3) is 0 Å². The molecule has 0 aliphatic rings. The van der Waals surface area contributed by atoms with Crippen molar-refractivity contribution in [2.24, 2.45) is 0 Å². The molecule has 9 heteroatoms. The van der Waals surface area contributed by atoms with Crippen molar-refractivity contribution in [1.82, 2.24) is 0 Å². The lowest BCUT2D eigenvalue weighted by Crippen LogP contribution is -2.16. The standard InChI is InChI=1S/C17H10F8O/c1-7-11(3-9(18)5-13(7)16(20,21)22)15(26)12-4-10(19)6-14(8(12)2)17(23,24)25/h3-6H,1-2H3. The van der Waals surface area contributed by atoms with Gasteiger partial charge in [0.05, 0.1) is 11.1 Å². The third kappa shape index (κ3) is 3.71. The van der Waals surface area contributed by atoms with Crippen molar-refractivity contribution in [2.45, 2.75) is 26.2 Å². The van der Waals surface area contributed by atoms with Crippen molar-refractivity contribution in [3.63, 3.8) is 0 Å². The Bertz CT molecular complexity index is 806. The molecule has 26 heavy (non-hydrogen) atoms. The summed E-state index contributed by atoms with van der Waals surface area (Å²) in [4.78, 5) is 12.5. The van der Waals surface area contributed by atoms with Gasteiger partial charge in [-0.25, -0.2) is 8.78 Å². The van der Waals surface area contributed by atoms with Gasteiger partial charge in [-0.1, -0.05) is 0 Å². The highest BCUT2D eigenvalue weighted by Gasteiger charge is 2.37. The highest BCUT2D eigenvalue weighted by Crippen LogP contribution is 2.37.